The zero-order chi connectivity index (χ0) is 27.4. The first-order valence-electron chi connectivity index (χ1n) is 12.9. The lowest BCUT2D eigenvalue weighted by molar-refractivity contribution is -0.132. The number of nitrogens with zero attached hydrogens (tertiary/aromatic N) is 1. The number of carbonyl (C=O) groups is 1. The normalized spacial score (nSPS) is 16.5. The molecule has 8 heteroatoms. The van der Waals surface area contributed by atoms with E-state index in [-0.39, 0.29) is 17.5 Å². The number of hydrogen-bond donors (Lipinski definition) is 0. The van der Waals surface area contributed by atoms with Crippen LogP contribution in [0.2, 0.25) is 0 Å². The second-order valence-electron chi connectivity index (χ2n) is 9.10. The van der Waals surface area contributed by atoms with Gasteiger partial charge in [-0.05, 0) is 66.8 Å². The van der Waals surface area contributed by atoms with Gasteiger partial charge in [0.15, 0.2) is 11.5 Å². The van der Waals surface area contributed by atoms with E-state index in [2.05, 4.69) is 17.0 Å². The number of hydrogen-bond acceptors (Lipinski definition) is 7. The molecule has 0 aromatic heterocycles. The average molecular weight is 538 g/mol. The summed E-state index contributed by atoms with van der Waals surface area (Å²) in [6.07, 6.45) is 1.60. The molecule has 0 N–H and O–H groups in total. The molecular weight excluding hydrogens is 502 g/mol. The Balaban J connectivity index is 0.00000164. The molecule has 202 valence electrons. The van der Waals surface area contributed by atoms with E-state index >= 15 is 0 Å². The Hall–Kier alpha value is -3.36. The maximum absolute atomic E-state index is 13.2. The highest BCUT2D eigenvalue weighted by molar-refractivity contribution is 7.80. The molecule has 2 unspecified atom stereocenters. The Bertz CT molecular complexity index is 1340. The number of esters is 1. The van der Waals surface area contributed by atoms with Gasteiger partial charge < -0.3 is 18.4 Å². The molecule has 7 nitrogen and oxygen atoms in total. The van der Waals surface area contributed by atoms with E-state index < -0.39 is 17.0 Å². The topological polar surface area (TPSA) is 74.3 Å². The molecule has 3 aromatic carbocycles. The van der Waals surface area contributed by atoms with Crippen molar-refractivity contribution in [1.82, 2.24) is 4.90 Å². The van der Waals surface area contributed by atoms with Gasteiger partial charge in [0.25, 0.3) is 0 Å². The van der Waals surface area contributed by atoms with Gasteiger partial charge >= 0.3 is 5.97 Å². The minimum atomic E-state index is -1.78. The first kappa shape index (κ1) is 27.7. The van der Waals surface area contributed by atoms with Crippen molar-refractivity contribution >= 4 is 17.0 Å². The predicted octanol–water partition coefficient (Wildman–Crippen LogP) is 5.72. The maximum Gasteiger partial charge on any atom is 0.308 e. The van der Waals surface area contributed by atoms with E-state index in [1.807, 2.05) is 45.0 Å². The SMILES string of the molecule is CC.COc1ccc2c(c1)CCN1Cc3c(cc(OC(C)=O)c(OC)c3OS(=O)c3ccc(C)cc3)CC21. The Morgan fingerprint density at radius 2 is 1.71 bits per heavy atom. The van der Waals surface area contributed by atoms with Crippen LogP contribution in [0.3, 0.4) is 0 Å². The van der Waals surface area contributed by atoms with Crippen LogP contribution in [-0.4, -0.2) is 35.8 Å². The van der Waals surface area contributed by atoms with Crippen LogP contribution in [-0.2, 0) is 35.3 Å². The third kappa shape index (κ3) is 5.56. The number of benzene rings is 3. The molecule has 0 radical (unpaired) electrons. The lowest BCUT2D eigenvalue weighted by atomic mass is 9.83. The summed E-state index contributed by atoms with van der Waals surface area (Å²) in [6, 6.07) is 15.6. The molecule has 5 rings (SSSR count). The number of methoxy groups -OCH3 is 2. The van der Waals surface area contributed by atoms with Crippen LogP contribution in [0.5, 0.6) is 23.0 Å². The monoisotopic (exact) mass is 537 g/mol. The molecule has 2 heterocycles. The summed E-state index contributed by atoms with van der Waals surface area (Å²) in [5.74, 6) is 1.27. The number of carbonyl (C=O) groups excluding carboxylic acids is 1. The van der Waals surface area contributed by atoms with E-state index in [9.17, 15) is 9.00 Å². The average Bonchev–Trinajstić information content (AvgIpc) is 2.93. The molecular formula is C30H35NO6S. The highest BCUT2D eigenvalue weighted by Gasteiger charge is 2.36. The van der Waals surface area contributed by atoms with Gasteiger partial charge in [-0.25, -0.2) is 4.21 Å². The minimum Gasteiger partial charge on any atom is -0.497 e. The summed E-state index contributed by atoms with van der Waals surface area (Å²) in [6.45, 7) is 8.79. The van der Waals surface area contributed by atoms with Gasteiger partial charge in [-0.2, -0.15) is 0 Å². The van der Waals surface area contributed by atoms with Gasteiger partial charge in [-0.1, -0.05) is 37.6 Å². The smallest absolute Gasteiger partial charge is 0.308 e. The maximum atomic E-state index is 13.2. The molecule has 0 fully saturated rings. The van der Waals surface area contributed by atoms with Crippen LogP contribution in [0.4, 0.5) is 0 Å². The van der Waals surface area contributed by atoms with Gasteiger partial charge in [-0.15, -0.1) is 0 Å². The lowest BCUT2D eigenvalue weighted by Gasteiger charge is -2.42. The number of rotatable bonds is 6. The van der Waals surface area contributed by atoms with Crippen LogP contribution in [0, 0.1) is 6.92 Å². The largest absolute Gasteiger partial charge is 0.497 e. The van der Waals surface area contributed by atoms with Gasteiger partial charge in [0.1, 0.15) is 5.75 Å². The molecule has 0 aliphatic carbocycles. The molecule has 0 saturated carbocycles. The molecule has 2 aliphatic rings. The number of fused-ring (bicyclic) bond motifs is 4. The summed E-state index contributed by atoms with van der Waals surface area (Å²) in [4.78, 5) is 14.8. The van der Waals surface area contributed by atoms with Gasteiger partial charge in [0.2, 0.25) is 16.8 Å². The third-order valence-electron chi connectivity index (χ3n) is 6.82. The van der Waals surface area contributed by atoms with Crippen molar-refractivity contribution in [2.75, 3.05) is 20.8 Å². The summed E-state index contributed by atoms with van der Waals surface area (Å²) in [5.41, 5.74) is 5.49. The first-order chi connectivity index (χ1) is 18.4. The van der Waals surface area contributed by atoms with Crippen molar-refractivity contribution in [3.05, 3.63) is 76.3 Å². The Kier molecular flexibility index (Phi) is 8.74. The van der Waals surface area contributed by atoms with Crippen molar-refractivity contribution < 1.29 is 27.4 Å². The van der Waals surface area contributed by atoms with Gasteiger partial charge in [0.05, 0.1) is 19.1 Å². The molecule has 2 atom stereocenters. The van der Waals surface area contributed by atoms with Crippen LogP contribution < -0.4 is 18.4 Å². The summed E-state index contributed by atoms with van der Waals surface area (Å²) in [5, 5.41) is 0. The van der Waals surface area contributed by atoms with E-state index in [1.54, 1.807) is 19.2 Å². The summed E-state index contributed by atoms with van der Waals surface area (Å²) < 4.78 is 35.9. The third-order valence-corrected chi connectivity index (χ3v) is 7.80. The molecule has 0 spiro atoms. The first-order valence-corrected chi connectivity index (χ1v) is 13.9. The molecule has 2 aliphatic heterocycles. The van der Waals surface area contributed by atoms with E-state index in [0.717, 1.165) is 35.4 Å². The van der Waals surface area contributed by atoms with E-state index in [1.165, 1.54) is 25.2 Å². The fourth-order valence-electron chi connectivity index (χ4n) is 5.05. The van der Waals surface area contributed by atoms with E-state index in [0.29, 0.717) is 23.6 Å². The quantitative estimate of drug-likeness (QED) is 0.294. The zero-order valence-corrected chi connectivity index (χ0v) is 23.6. The summed E-state index contributed by atoms with van der Waals surface area (Å²) in [7, 11) is 3.17. The standard InChI is InChI=1S/C28H29NO6S.C2H6/c1-17-5-8-22(9-6-17)36(31)35-27-24-16-29-12-11-19-13-21(32-3)7-10-23(19)25(29)14-20(24)15-26(28(27)33-4)34-18(2)30;1-2/h5-10,13,15,25H,11-12,14,16H2,1-4H3;1-2H3. The van der Waals surface area contributed by atoms with Gasteiger partial charge in [-0.3, -0.25) is 9.69 Å². The molecule has 0 bridgehead atoms. The Morgan fingerprint density at radius 3 is 2.37 bits per heavy atom. The van der Waals surface area contributed by atoms with Crippen molar-refractivity contribution in [2.24, 2.45) is 0 Å². The predicted molar refractivity (Wildman–Crippen MR) is 147 cm³/mol. The minimum absolute atomic E-state index is 0.168. The highest BCUT2D eigenvalue weighted by atomic mass is 32.2. The molecule has 3 aromatic rings. The van der Waals surface area contributed by atoms with Crippen LogP contribution >= 0.6 is 0 Å². The lowest BCUT2D eigenvalue weighted by Crippen LogP contribution is -2.39. The van der Waals surface area contributed by atoms with E-state index in [4.69, 9.17) is 18.4 Å². The van der Waals surface area contributed by atoms with Gasteiger partial charge in [0, 0.05) is 31.6 Å². The Morgan fingerprint density at radius 1 is 0.974 bits per heavy atom. The molecule has 0 saturated heterocycles. The fraction of sp³-hybridized carbons (Fsp3) is 0.367. The van der Waals surface area contributed by atoms with Crippen LogP contribution in [0.25, 0.3) is 0 Å². The summed E-state index contributed by atoms with van der Waals surface area (Å²) >= 11 is -1.78. The number of ether oxygens (including phenoxy) is 3. The fourth-order valence-corrected chi connectivity index (χ4v) is 5.84. The van der Waals surface area contributed by atoms with Crippen molar-refractivity contribution in [1.29, 1.82) is 0 Å². The second-order valence-corrected chi connectivity index (χ2v) is 10.2. The van der Waals surface area contributed by atoms with Crippen LogP contribution in [0.1, 0.15) is 54.6 Å². The van der Waals surface area contributed by atoms with Crippen molar-refractivity contribution in [2.45, 2.75) is 58.0 Å². The Labute approximate surface area is 227 Å². The van der Waals surface area contributed by atoms with Crippen molar-refractivity contribution in [3.8, 4) is 23.0 Å². The second kappa shape index (κ2) is 12.0. The molecule has 0 amide bonds. The van der Waals surface area contributed by atoms with Crippen LogP contribution in [0.15, 0.2) is 53.4 Å². The number of aryl methyl sites for hydroxylation is 1. The molecule has 38 heavy (non-hydrogen) atoms. The van der Waals surface area contributed by atoms with Crippen molar-refractivity contribution in [3.63, 3.8) is 0 Å². The highest BCUT2D eigenvalue weighted by Crippen LogP contribution is 2.49. The zero-order valence-electron chi connectivity index (χ0n) is 22.8.